The van der Waals surface area contributed by atoms with E-state index < -0.39 is 11.7 Å². The first kappa shape index (κ1) is 30.3. The van der Waals surface area contributed by atoms with Crippen LogP contribution in [0.1, 0.15) is 54.4 Å². The van der Waals surface area contributed by atoms with Gasteiger partial charge >= 0.3 is 6.18 Å². The number of halogens is 5. The summed E-state index contributed by atoms with van der Waals surface area (Å²) in [4.78, 5) is 12.5. The number of aromatic nitrogens is 4. The van der Waals surface area contributed by atoms with Crippen molar-refractivity contribution in [2.75, 3.05) is 11.9 Å². The molecule has 12 heteroatoms. The second kappa shape index (κ2) is 13.8. The Morgan fingerprint density at radius 3 is 2.34 bits per heavy atom. The van der Waals surface area contributed by atoms with E-state index in [1.54, 1.807) is 30.3 Å². The van der Waals surface area contributed by atoms with Crippen LogP contribution in [0.2, 0.25) is 10.0 Å². The standard InChI is InChI=1S/C29H28Cl2F3N5O2/c1-2-3-4-21(35-20-8-5-18(6-9-20)27(40)13-14-28-36-38-39-37-28)17-41-22-10-12-24(26(31)16-22)23-11-7-19(15-25(23)30)29(32,33)34/h5-12,15-16,21,35H,2-4,13-14,17H2,1H3,(H,36,37,38,39)/t21-/m0/s1. The Hall–Kier alpha value is -3.63. The SMILES string of the molecule is CCCC[C@@H](COc1ccc(-c2ccc(C(F)(F)F)cc2Cl)c(Cl)c1)Nc1ccc(C(=O)CCc2nn[nH]n2)cc1. The molecule has 0 amide bonds. The molecular weight excluding hydrogens is 578 g/mol. The summed E-state index contributed by atoms with van der Waals surface area (Å²) < 4.78 is 45.0. The van der Waals surface area contributed by atoms with Gasteiger partial charge in [0.05, 0.1) is 16.6 Å². The van der Waals surface area contributed by atoms with Gasteiger partial charge in [0.15, 0.2) is 11.6 Å². The number of H-pyrrole nitrogens is 1. The maximum atomic E-state index is 13.0. The van der Waals surface area contributed by atoms with E-state index in [2.05, 4.69) is 32.9 Å². The number of hydrogen-bond acceptors (Lipinski definition) is 6. The molecule has 216 valence electrons. The van der Waals surface area contributed by atoms with E-state index in [1.165, 1.54) is 6.07 Å². The van der Waals surface area contributed by atoms with E-state index in [4.69, 9.17) is 27.9 Å². The number of ketones is 1. The number of rotatable bonds is 13. The highest BCUT2D eigenvalue weighted by Crippen LogP contribution is 2.39. The fourth-order valence-corrected chi connectivity index (χ4v) is 4.76. The van der Waals surface area contributed by atoms with Gasteiger partial charge in [0.25, 0.3) is 0 Å². The number of carbonyl (C=O) groups is 1. The van der Waals surface area contributed by atoms with Crippen molar-refractivity contribution in [1.82, 2.24) is 20.6 Å². The maximum Gasteiger partial charge on any atom is 0.416 e. The third-order valence-electron chi connectivity index (χ3n) is 6.43. The second-order valence-electron chi connectivity index (χ2n) is 9.46. The lowest BCUT2D eigenvalue weighted by Crippen LogP contribution is -2.27. The number of tetrazole rings is 1. The molecule has 41 heavy (non-hydrogen) atoms. The summed E-state index contributed by atoms with van der Waals surface area (Å²) in [6.45, 7) is 2.46. The molecule has 4 aromatic rings. The minimum Gasteiger partial charge on any atom is -0.491 e. The quantitative estimate of drug-likeness (QED) is 0.150. The number of anilines is 1. The van der Waals surface area contributed by atoms with Gasteiger partial charge in [0, 0.05) is 40.2 Å². The first-order chi connectivity index (χ1) is 19.6. The maximum absolute atomic E-state index is 13.0. The third-order valence-corrected chi connectivity index (χ3v) is 7.05. The number of nitrogens with zero attached hydrogens (tertiary/aromatic N) is 3. The van der Waals surface area contributed by atoms with E-state index in [9.17, 15) is 18.0 Å². The Balaban J connectivity index is 1.37. The number of hydrogen-bond donors (Lipinski definition) is 2. The van der Waals surface area contributed by atoms with Gasteiger partial charge in [0.2, 0.25) is 0 Å². The number of carbonyl (C=O) groups excluding carboxylic acids is 1. The summed E-state index contributed by atoms with van der Waals surface area (Å²) in [6.07, 6.45) is -0.933. The van der Waals surface area contributed by atoms with Gasteiger partial charge in [-0.1, -0.05) is 54.2 Å². The van der Waals surface area contributed by atoms with Gasteiger partial charge in [-0.2, -0.15) is 18.4 Å². The van der Waals surface area contributed by atoms with E-state index in [0.717, 1.165) is 37.1 Å². The van der Waals surface area contributed by atoms with Gasteiger partial charge in [-0.3, -0.25) is 4.79 Å². The van der Waals surface area contributed by atoms with Crippen molar-refractivity contribution >= 4 is 34.7 Å². The Morgan fingerprint density at radius 2 is 1.73 bits per heavy atom. The lowest BCUT2D eigenvalue weighted by atomic mass is 10.0. The van der Waals surface area contributed by atoms with Crippen molar-refractivity contribution in [1.29, 1.82) is 0 Å². The van der Waals surface area contributed by atoms with Gasteiger partial charge < -0.3 is 10.1 Å². The number of unbranched alkanes of at least 4 members (excludes halogenated alkanes) is 1. The van der Waals surface area contributed by atoms with Crippen LogP contribution in [0.3, 0.4) is 0 Å². The molecule has 0 aliphatic rings. The van der Waals surface area contributed by atoms with Crippen molar-refractivity contribution in [3.63, 3.8) is 0 Å². The van der Waals surface area contributed by atoms with Gasteiger partial charge in [-0.15, -0.1) is 10.2 Å². The molecule has 2 N–H and O–H groups in total. The zero-order valence-electron chi connectivity index (χ0n) is 22.1. The first-order valence-corrected chi connectivity index (χ1v) is 13.8. The summed E-state index contributed by atoms with van der Waals surface area (Å²) in [5, 5.41) is 17.3. The average Bonchev–Trinajstić information content (AvgIpc) is 3.47. The van der Waals surface area contributed by atoms with Crippen LogP contribution in [0.25, 0.3) is 11.1 Å². The highest BCUT2D eigenvalue weighted by molar-refractivity contribution is 6.36. The average molecular weight is 606 g/mol. The first-order valence-electron chi connectivity index (χ1n) is 13.1. The molecule has 0 aliphatic carbocycles. The predicted octanol–water partition coefficient (Wildman–Crippen LogP) is 8.06. The van der Waals surface area contributed by atoms with Gasteiger partial charge in [0.1, 0.15) is 12.4 Å². The molecule has 0 saturated heterocycles. The summed E-state index contributed by atoms with van der Waals surface area (Å²) >= 11 is 12.6. The van der Waals surface area contributed by atoms with Crippen LogP contribution >= 0.6 is 23.2 Å². The minimum atomic E-state index is -4.48. The van der Waals surface area contributed by atoms with Crippen LogP contribution < -0.4 is 10.1 Å². The van der Waals surface area contributed by atoms with Crippen LogP contribution in [0, 0.1) is 0 Å². The molecule has 0 bridgehead atoms. The molecule has 3 aromatic carbocycles. The molecule has 1 aromatic heterocycles. The van der Waals surface area contributed by atoms with Crippen LogP contribution in [0.4, 0.5) is 18.9 Å². The van der Waals surface area contributed by atoms with Crippen molar-refractivity contribution in [3.8, 4) is 16.9 Å². The Bertz CT molecular complexity index is 1450. The summed E-state index contributed by atoms with van der Waals surface area (Å²) in [7, 11) is 0. The summed E-state index contributed by atoms with van der Waals surface area (Å²) in [5.41, 5.74) is 1.54. The molecule has 0 aliphatic heterocycles. The van der Waals surface area contributed by atoms with Gasteiger partial charge in [-0.05, 0) is 61.0 Å². The Kier molecular flexibility index (Phi) is 10.2. The monoisotopic (exact) mass is 605 g/mol. The zero-order valence-corrected chi connectivity index (χ0v) is 23.7. The number of nitrogens with one attached hydrogen (secondary N) is 2. The van der Waals surface area contributed by atoms with E-state index >= 15 is 0 Å². The molecule has 0 radical (unpaired) electrons. The number of ether oxygens (including phenoxy) is 1. The van der Waals surface area contributed by atoms with E-state index in [0.29, 0.717) is 46.3 Å². The lowest BCUT2D eigenvalue weighted by Gasteiger charge is -2.21. The highest BCUT2D eigenvalue weighted by atomic mass is 35.5. The fraction of sp³-hybridized carbons (Fsp3) is 0.310. The lowest BCUT2D eigenvalue weighted by molar-refractivity contribution is -0.137. The highest BCUT2D eigenvalue weighted by Gasteiger charge is 2.31. The second-order valence-corrected chi connectivity index (χ2v) is 10.3. The van der Waals surface area contributed by atoms with Crippen molar-refractivity contribution < 1.29 is 22.7 Å². The van der Waals surface area contributed by atoms with Crippen LogP contribution in [-0.4, -0.2) is 39.1 Å². The minimum absolute atomic E-state index is 0.00914. The summed E-state index contributed by atoms with van der Waals surface area (Å²) in [5.74, 6) is 1.01. The Morgan fingerprint density at radius 1 is 1.02 bits per heavy atom. The molecule has 0 fully saturated rings. The molecule has 1 atom stereocenters. The molecule has 0 unspecified atom stereocenters. The van der Waals surface area contributed by atoms with Crippen LogP contribution in [-0.2, 0) is 12.6 Å². The van der Waals surface area contributed by atoms with E-state index in [1.807, 2.05) is 12.1 Å². The number of benzene rings is 3. The molecule has 7 nitrogen and oxygen atoms in total. The van der Waals surface area contributed by atoms with Gasteiger partial charge in [-0.25, -0.2) is 0 Å². The molecular formula is C29H28Cl2F3N5O2. The fourth-order valence-electron chi connectivity index (χ4n) is 4.20. The molecule has 1 heterocycles. The van der Waals surface area contributed by atoms with Crippen molar-refractivity contribution in [2.45, 2.75) is 51.2 Å². The summed E-state index contributed by atoms with van der Waals surface area (Å²) in [6, 6.07) is 15.5. The number of Topliss-reactive ketones (excluding diaryl/α,β-unsaturated/α-hetero) is 1. The van der Waals surface area contributed by atoms with Crippen LogP contribution in [0.5, 0.6) is 5.75 Å². The normalized spacial score (nSPS) is 12.2. The van der Waals surface area contributed by atoms with Crippen molar-refractivity contribution in [2.24, 2.45) is 0 Å². The number of aryl methyl sites for hydroxylation is 1. The van der Waals surface area contributed by atoms with Crippen molar-refractivity contribution in [3.05, 3.63) is 87.7 Å². The number of aromatic amines is 1. The molecule has 0 saturated carbocycles. The largest absolute Gasteiger partial charge is 0.491 e. The third kappa shape index (κ3) is 8.43. The smallest absolute Gasteiger partial charge is 0.416 e. The topological polar surface area (TPSA) is 92.8 Å². The zero-order chi connectivity index (χ0) is 29.4. The number of alkyl halides is 3. The predicted molar refractivity (Wildman–Crippen MR) is 153 cm³/mol. The molecule has 4 rings (SSSR count). The molecule has 0 spiro atoms. The Labute approximate surface area is 245 Å². The van der Waals surface area contributed by atoms with Crippen LogP contribution in [0.15, 0.2) is 60.7 Å². The van der Waals surface area contributed by atoms with E-state index in [-0.39, 0.29) is 23.3 Å².